The van der Waals surface area contributed by atoms with Gasteiger partial charge in [0.15, 0.2) is 6.10 Å². The molecule has 6 heteroatoms. The van der Waals surface area contributed by atoms with E-state index in [9.17, 15) is 14.4 Å². The molecule has 0 aliphatic rings. The topological polar surface area (TPSA) is 78.9 Å². The summed E-state index contributed by atoms with van der Waals surface area (Å²) in [4.78, 5) is 37.7. The zero-order valence-electron chi connectivity index (χ0n) is 36.8. The molecule has 0 radical (unpaired) electrons. The molecule has 0 aromatic heterocycles. The normalized spacial score (nSPS) is 12.1. The van der Waals surface area contributed by atoms with Crippen molar-refractivity contribution in [3.05, 3.63) is 0 Å². The Morgan fingerprint density at radius 2 is 0.611 bits per heavy atom. The highest BCUT2D eigenvalue weighted by Crippen LogP contribution is 2.17. The molecule has 0 aliphatic heterocycles. The number of rotatable bonds is 42. The minimum Gasteiger partial charge on any atom is -0.462 e. The standard InChI is InChI=1S/C48H92O6/c1-6-7-8-9-10-11-13-18-25-30-35-40-48(51)54-45(42-53-47(50)39-34-29-24-20-19-22-27-32-37-44(4)5)41-52-46(49)38-33-28-23-17-15-12-14-16-21-26-31-36-43(2)3/h43-45H,6-42H2,1-5H3/t45-/m1/s1. The van der Waals surface area contributed by atoms with Crippen LogP contribution >= 0.6 is 0 Å². The lowest BCUT2D eigenvalue weighted by Crippen LogP contribution is -2.30. The van der Waals surface area contributed by atoms with E-state index in [2.05, 4.69) is 34.6 Å². The van der Waals surface area contributed by atoms with Gasteiger partial charge in [-0.3, -0.25) is 14.4 Å². The second kappa shape index (κ2) is 41.1. The predicted octanol–water partition coefficient (Wildman–Crippen LogP) is 15.0. The molecule has 54 heavy (non-hydrogen) atoms. The van der Waals surface area contributed by atoms with Crippen molar-refractivity contribution in [1.82, 2.24) is 0 Å². The number of carbonyl (C=O) groups excluding carboxylic acids is 3. The predicted molar refractivity (Wildman–Crippen MR) is 229 cm³/mol. The number of hydrogen-bond donors (Lipinski definition) is 0. The van der Waals surface area contributed by atoms with Gasteiger partial charge in [0.25, 0.3) is 0 Å². The van der Waals surface area contributed by atoms with Crippen LogP contribution in [0.25, 0.3) is 0 Å². The first-order valence-corrected chi connectivity index (χ1v) is 23.7. The maximum Gasteiger partial charge on any atom is 0.306 e. The van der Waals surface area contributed by atoms with Gasteiger partial charge in [-0.2, -0.15) is 0 Å². The number of ether oxygens (including phenoxy) is 3. The van der Waals surface area contributed by atoms with Crippen molar-refractivity contribution in [3.63, 3.8) is 0 Å². The maximum atomic E-state index is 12.7. The van der Waals surface area contributed by atoms with Gasteiger partial charge in [0, 0.05) is 19.3 Å². The Morgan fingerprint density at radius 1 is 0.352 bits per heavy atom. The molecule has 0 rings (SSSR count). The smallest absolute Gasteiger partial charge is 0.306 e. The molecule has 0 fully saturated rings. The van der Waals surface area contributed by atoms with Crippen LogP contribution < -0.4 is 0 Å². The molecule has 0 amide bonds. The first-order valence-electron chi connectivity index (χ1n) is 23.7. The van der Waals surface area contributed by atoms with Crippen molar-refractivity contribution in [2.45, 2.75) is 265 Å². The molecule has 0 spiro atoms. The summed E-state index contributed by atoms with van der Waals surface area (Å²) in [7, 11) is 0. The van der Waals surface area contributed by atoms with Gasteiger partial charge in [0.05, 0.1) is 0 Å². The minimum atomic E-state index is -0.760. The van der Waals surface area contributed by atoms with Gasteiger partial charge in [-0.25, -0.2) is 0 Å². The summed E-state index contributed by atoms with van der Waals surface area (Å²) in [5, 5.41) is 0. The van der Waals surface area contributed by atoms with Gasteiger partial charge < -0.3 is 14.2 Å². The Balaban J connectivity index is 4.32. The van der Waals surface area contributed by atoms with Crippen LogP contribution in [-0.2, 0) is 28.6 Å². The third-order valence-electron chi connectivity index (χ3n) is 10.7. The number of unbranched alkanes of at least 4 members (excludes halogenated alkanes) is 27. The molecule has 0 saturated heterocycles. The van der Waals surface area contributed by atoms with E-state index in [0.29, 0.717) is 19.3 Å². The molecular weight excluding hydrogens is 673 g/mol. The van der Waals surface area contributed by atoms with E-state index in [1.165, 1.54) is 148 Å². The number of carbonyl (C=O) groups is 3. The third kappa shape index (κ3) is 41.6. The lowest BCUT2D eigenvalue weighted by atomic mass is 10.0. The fraction of sp³-hybridized carbons (Fsp3) is 0.938. The average Bonchev–Trinajstić information content (AvgIpc) is 3.14. The minimum absolute atomic E-state index is 0.0647. The Labute approximate surface area is 336 Å². The van der Waals surface area contributed by atoms with Crippen LogP contribution in [-0.4, -0.2) is 37.2 Å². The monoisotopic (exact) mass is 765 g/mol. The van der Waals surface area contributed by atoms with E-state index in [4.69, 9.17) is 14.2 Å². The van der Waals surface area contributed by atoms with Crippen LogP contribution in [0.15, 0.2) is 0 Å². The van der Waals surface area contributed by atoms with E-state index in [0.717, 1.165) is 69.6 Å². The molecule has 0 N–H and O–H groups in total. The highest BCUT2D eigenvalue weighted by molar-refractivity contribution is 5.71. The van der Waals surface area contributed by atoms with Gasteiger partial charge in [0.2, 0.25) is 0 Å². The van der Waals surface area contributed by atoms with E-state index in [1.54, 1.807) is 0 Å². The van der Waals surface area contributed by atoms with Crippen molar-refractivity contribution in [1.29, 1.82) is 0 Å². The van der Waals surface area contributed by atoms with Crippen LogP contribution in [0.5, 0.6) is 0 Å². The zero-order chi connectivity index (χ0) is 39.7. The van der Waals surface area contributed by atoms with Gasteiger partial charge >= 0.3 is 17.9 Å². The fourth-order valence-corrected chi connectivity index (χ4v) is 7.11. The first-order chi connectivity index (χ1) is 26.2. The Kier molecular flexibility index (Phi) is 39.8. The Hall–Kier alpha value is -1.59. The molecule has 6 nitrogen and oxygen atoms in total. The maximum absolute atomic E-state index is 12.7. The van der Waals surface area contributed by atoms with Crippen LogP contribution in [0.2, 0.25) is 0 Å². The number of esters is 3. The third-order valence-corrected chi connectivity index (χ3v) is 10.7. The Bertz CT molecular complexity index is 824. The molecule has 0 aromatic carbocycles. The Morgan fingerprint density at radius 3 is 0.907 bits per heavy atom. The molecule has 0 saturated carbocycles. The number of hydrogen-bond acceptors (Lipinski definition) is 6. The van der Waals surface area contributed by atoms with Gasteiger partial charge in [0.1, 0.15) is 13.2 Å². The zero-order valence-corrected chi connectivity index (χ0v) is 36.8. The van der Waals surface area contributed by atoms with Crippen molar-refractivity contribution < 1.29 is 28.6 Å². The molecule has 0 bridgehead atoms. The first kappa shape index (κ1) is 52.4. The molecule has 0 unspecified atom stereocenters. The van der Waals surface area contributed by atoms with Crippen molar-refractivity contribution in [2.75, 3.05) is 13.2 Å². The van der Waals surface area contributed by atoms with Crippen LogP contribution in [0.4, 0.5) is 0 Å². The quantitative estimate of drug-likeness (QED) is 0.0350. The summed E-state index contributed by atoms with van der Waals surface area (Å²) >= 11 is 0. The summed E-state index contributed by atoms with van der Waals surface area (Å²) in [5.74, 6) is 0.767. The van der Waals surface area contributed by atoms with E-state index in [1.807, 2.05) is 0 Å². The molecule has 320 valence electrons. The van der Waals surface area contributed by atoms with Crippen LogP contribution in [0.1, 0.15) is 259 Å². The molecule has 0 aromatic rings. The molecule has 1 atom stereocenters. The molecule has 0 heterocycles. The fourth-order valence-electron chi connectivity index (χ4n) is 7.11. The van der Waals surface area contributed by atoms with Crippen LogP contribution in [0.3, 0.4) is 0 Å². The highest BCUT2D eigenvalue weighted by atomic mass is 16.6. The van der Waals surface area contributed by atoms with E-state index in [-0.39, 0.29) is 31.1 Å². The van der Waals surface area contributed by atoms with Crippen molar-refractivity contribution in [2.24, 2.45) is 11.8 Å². The summed E-state index contributed by atoms with van der Waals surface area (Å²) in [6.07, 6.45) is 39.4. The largest absolute Gasteiger partial charge is 0.462 e. The van der Waals surface area contributed by atoms with E-state index < -0.39 is 6.10 Å². The second-order valence-corrected chi connectivity index (χ2v) is 17.3. The van der Waals surface area contributed by atoms with Gasteiger partial charge in [-0.15, -0.1) is 0 Å². The van der Waals surface area contributed by atoms with Crippen molar-refractivity contribution in [3.8, 4) is 0 Å². The lowest BCUT2D eigenvalue weighted by Gasteiger charge is -2.18. The summed E-state index contributed by atoms with van der Waals surface area (Å²) < 4.78 is 16.7. The van der Waals surface area contributed by atoms with Crippen LogP contribution in [0, 0.1) is 11.8 Å². The lowest BCUT2D eigenvalue weighted by molar-refractivity contribution is -0.167. The van der Waals surface area contributed by atoms with E-state index >= 15 is 0 Å². The second-order valence-electron chi connectivity index (χ2n) is 17.3. The van der Waals surface area contributed by atoms with Gasteiger partial charge in [-0.05, 0) is 31.1 Å². The summed E-state index contributed by atoms with van der Waals surface area (Å²) in [6, 6.07) is 0. The molecular formula is C48H92O6. The summed E-state index contributed by atoms with van der Waals surface area (Å²) in [6.45, 7) is 11.3. The average molecular weight is 765 g/mol. The molecule has 0 aliphatic carbocycles. The van der Waals surface area contributed by atoms with Crippen molar-refractivity contribution >= 4 is 17.9 Å². The van der Waals surface area contributed by atoms with Gasteiger partial charge in [-0.1, -0.05) is 221 Å². The summed E-state index contributed by atoms with van der Waals surface area (Å²) in [5.41, 5.74) is 0. The highest BCUT2D eigenvalue weighted by Gasteiger charge is 2.19. The SMILES string of the molecule is CCCCCCCCCCCCCC(=O)O[C@H](COC(=O)CCCCCCCCCCCCCC(C)C)COC(=O)CCCCCCCCCCC(C)C.